The van der Waals surface area contributed by atoms with E-state index in [1.54, 1.807) is 19.4 Å². The number of nitrogens with zero attached hydrogens (tertiary/aromatic N) is 4. The van der Waals surface area contributed by atoms with Gasteiger partial charge in [0.05, 0.1) is 12.3 Å². The van der Waals surface area contributed by atoms with Gasteiger partial charge in [-0.3, -0.25) is 14.5 Å². The average Bonchev–Trinajstić information content (AvgIpc) is 3.22. The van der Waals surface area contributed by atoms with Crippen LogP contribution in [-0.4, -0.2) is 80.3 Å². The van der Waals surface area contributed by atoms with Crippen molar-refractivity contribution in [1.29, 1.82) is 0 Å². The first-order valence-corrected chi connectivity index (χ1v) is 9.97. The molecule has 1 aliphatic rings. The monoisotopic (exact) mass is 528 g/mol. The lowest BCUT2D eigenvalue weighted by atomic mass is 9.97. The van der Waals surface area contributed by atoms with Crippen LogP contribution in [-0.2, 0) is 27.4 Å². The number of rotatable bonds is 4. The Hall–Kier alpha value is -3.69. The number of hydrogen-bond donors (Lipinski definition) is 2. The quantitative estimate of drug-likeness (QED) is 0.579. The minimum atomic E-state index is -5.08. The van der Waals surface area contributed by atoms with Crippen LogP contribution in [0.25, 0.3) is 0 Å². The molecule has 1 amide bonds. The number of ether oxygens (including phenoxy) is 1. The van der Waals surface area contributed by atoms with Crippen molar-refractivity contribution in [2.75, 3.05) is 20.3 Å². The summed E-state index contributed by atoms with van der Waals surface area (Å²) < 4.78 is 70.7. The molecule has 16 heteroatoms. The van der Waals surface area contributed by atoms with Gasteiger partial charge in [0.1, 0.15) is 5.69 Å². The highest BCUT2D eigenvalue weighted by Crippen LogP contribution is 2.28. The summed E-state index contributed by atoms with van der Waals surface area (Å²) in [7, 11) is 1.68. The number of carboxylic acids is 2. The molecule has 0 radical (unpaired) electrons. The topological polar surface area (TPSA) is 135 Å². The van der Waals surface area contributed by atoms with E-state index in [2.05, 4.69) is 17.0 Å². The molecule has 0 fully saturated rings. The summed E-state index contributed by atoms with van der Waals surface area (Å²) in [6.07, 6.45) is -6.50. The fraction of sp³-hybridized carbons (Fsp3) is 0.450. The van der Waals surface area contributed by atoms with Crippen molar-refractivity contribution in [2.24, 2.45) is 0 Å². The zero-order valence-electron chi connectivity index (χ0n) is 18.9. The van der Waals surface area contributed by atoms with Gasteiger partial charge in [0.2, 0.25) is 0 Å². The number of carbonyl (C=O) groups is 3. The molecule has 0 aromatic carbocycles. The van der Waals surface area contributed by atoms with Gasteiger partial charge in [-0.1, -0.05) is 6.07 Å². The van der Waals surface area contributed by atoms with Gasteiger partial charge >= 0.3 is 24.3 Å². The Labute approximate surface area is 200 Å². The number of halogens is 6. The maximum atomic E-state index is 12.6. The van der Waals surface area contributed by atoms with E-state index < -0.39 is 24.3 Å². The molecule has 2 aromatic heterocycles. The standard InChI is InChI=1S/C16H20N4O2.2C2HF3O2/c1-3-20-10-12-8-19(9-13(11-22-2)15(12)18-20)16(21)14-6-4-5-7-17-14;2*3-2(4,5)1(6)7/h4-7,10,13H,3,8-9,11H2,1-2H3;2*(H,6,7). The van der Waals surface area contributed by atoms with Crippen molar-refractivity contribution in [1.82, 2.24) is 19.7 Å². The Kier molecular flexibility index (Phi) is 10.8. The SMILES string of the molecule is CCn1cc2c(n1)C(COC)CN(C(=O)c1ccccn1)C2.O=C(O)C(F)(F)F.O=C(O)C(F)(F)F. The second-order valence-corrected chi connectivity index (χ2v) is 7.05. The molecular weight excluding hydrogens is 506 g/mol. The highest BCUT2D eigenvalue weighted by Gasteiger charge is 2.39. The molecule has 0 spiro atoms. The van der Waals surface area contributed by atoms with E-state index in [1.807, 2.05) is 27.9 Å². The molecule has 1 aliphatic heterocycles. The number of fused-ring (bicyclic) bond motifs is 1. The zero-order chi connectivity index (χ0) is 27.7. The summed E-state index contributed by atoms with van der Waals surface area (Å²) in [4.78, 5) is 36.4. The number of carbonyl (C=O) groups excluding carboxylic acids is 1. The van der Waals surface area contributed by atoms with E-state index >= 15 is 0 Å². The van der Waals surface area contributed by atoms with Gasteiger partial charge in [0, 0.05) is 50.6 Å². The lowest BCUT2D eigenvalue weighted by Crippen LogP contribution is -2.39. The second kappa shape index (κ2) is 12.9. The predicted molar refractivity (Wildman–Crippen MR) is 109 cm³/mol. The molecule has 0 saturated heterocycles. The number of pyridine rings is 1. The third-order valence-corrected chi connectivity index (χ3v) is 4.41. The van der Waals surface area contributed by atoms with E-state index in [9.17, 15) is 31.1 Å². The number of aryl methyl sites for hydroxylation is 1. The summed E-state index contributed by atoms with van der Waals surface area (Å²) >= 11 is 0. The Balaban J connectivity index is 0.000000383. The van der Waals surface area contributed by atoms with Crippen molar-refractivity contribution in [3.63, 3.8) is 0 Å². The minimum absolute atomic E-state index is 0.0448. The van der Waals surface area contributed by atoms with E-state index in [0.29, 0.717) is 25.4 Å². The number of aromatic nitrogens is 3. The molecule has 2 aromatic rings. The van der Waals surface area contributed by atoms with Crippen LogP contribution in [0, 0.1) is 0 Å². The summed E-state index contributed by atoms with van der Waals surface area (Å²) in [5.41, 5.74) is 2.62. The van der Waals surface area contributed by atoms with Gasteiger partial charge < -0.3 is 19.8 Å². The van der Waals surface area contributed by atoms with Gasteiger partial charge in [-0.2, -0.15) is 31.4 Å². The molecule has 36 heavy (non-hydrogen) atoms. The smallest absolute Gasteiger partial charge is 0.475 e. The fourth-order valence-corrected chi connectivity index (χ4v) is 2.87. The largest absolute Gasteiger partial charge is 0.490 e. The van der Waals surface area contributed by atoms with E-state index in [1.165, 1.54) is 0 Å². The lowest BCUT2D eigenvalue weighted by molar-refractivity contribution is -0.193. The molecule has 10 nitrogen and oxygen atoms in total. The lowest BCUT2D eigenvalue weighted by Gasteiger charge is -2.31. The van der Waals surface area contributed by atoms with Crippen LogP contribution in [0.3, 0.4) is 0 Å². The van der Waals surface area contributed by atoms with Crippen molar-refractivity contribution in [3.05, 3.63) is 47.5 Å². The molecule has 0 aliphatic carbocycles. The summed E-state index contributed by atoms with van der Waals surface area (Å²) in [5.74, 6) is -5.45. The average molecular weight is 528 g/mol. The molecule has 3 heterocycles. The van der Waals surface area contributed by atoms with Crippen LogP contribution in [0.2, 0.25) is 0 Å². The Morgan fingerprint density at radius 1 is 1.08 bits per heavy atom. The first-order valence-electron chi connectivity index (χ1n) is 9.97. The van der Waals surface area contributed by atoms with Crippen molar-refractivity contribution >= 4 is 17.8 Å². The first-order chi connectivity index (χ1) is 16.6. The number of aliphatic carboxylic acids is 2. The van der Waals surface area contributed by atoms with Gasteiger partial charge in [-0.25, -0.2) is 9.59 Å². The summed E-state index contributed by atoms with van der Waals surface area (Å²) in [5, 5.41) is 18.9. The molecule has 0 saturated carbocycles. The highest BCUT2D eigenvalue weighted by atomic mass is 19.4. The predicted octanol–water partition coefficient (Wildman–Crippen LogP) is 2.95. The van der Waals surface area contributed by atoms with Gasteiger partial charge in [0.25, 0.3) is 5.91 Å². The third-order valence-electron chi connectivity index (χ3n) is 4.41. The maximum absolute atomic E-state index is 12.6. The Morgan fingerprint density at radius 3 is 2.06 bits per heavy atom. The van der Waals surface area contributed by atoms with Crippen LogP contribution in [0.5, 0.6) is 0 Å². The van der Waals surface area contributed by atoms with Crippen LogP contribution in [0.15, 0.2) is 30.6 Å². The Bertz CT molecular complexity index is 1000. The van der Waals surface area contributed by atoms with Crippen LogP contribution < -0.4 is 0 Å². The van der Waals surface area contributed by atoms with Crippen molar-refractivity contribution < 1.29 is 55.7 Å². The molecule has 3 rings (SSSR count). The number of hydrogen-bond acceptors (Lipinski definition) is 6. The summed E-state index contributed by atoms with van der Waals surface area (Å²) in [6, 6.07) is 5.39. The van der Waals surface area contributed by atoms with Gasteiger partial charge in [-0.15, -0.1) is 0 Å². The second-order valence-electron chi connectivity index (χ2n) is 7.05. The molecule has 1 unspecified atom stereocenters. The maximum Gasteiger partial charge on any atom is 0.490 e. The molecular formula is C20H22F6N4O6. The van der Waals surface area contributed by atoms with Crippen LogP contribution in [0.1, 0.15) is 34.6 Å². The molecule has 200 valence electrons. The van der Waals surface area contributed by atoms with E-state index in [0.717, 1.165) is 17.8 Å². The number of methoxy groups -OCH3 is 1. The number of amides is 1. The summed E-state index contributed by atoms with van der Waals surface area (Å²) in [6.45, 7) is 4.61. The van der Waals surface area contributed by atoms with Gasteiger partial charge in [0.15, 0.2) is 0 Å². The third kappa shape index (κ3) is 9.16. The van der Waals surface area contributed by atoms with Crippen LogP contribution >= 0.6 is 0 Å². The minimum Gasteiger partial charge on any atom is -0.475 e. The van der Waals surface area contributed by atoms with E-state index in [4.69, 9.17) is 24.5 Å². The van der Waals surface area contributed by atoms with Crippen molar-refractivity contribution in [2.45, 2.75) is 38.3 Å². The fourth-order valence-electron chi connectivity index (χ4n) is 2.87. The molecule has 1 atom stereocenters. The number of carboxylic acid groups (broad SMARTS) is 2. The zero-order valence-corrected chi connectivity index (χ0v) is 18.9. The molecule has 0 bridgehead atoms. The normalized spacial score (nSPS) is 15.0. The number of alkyl halides is 6. The molecule has 2 N–H and O–H groups in total. The first kappa shape index (κ1) is 30.3. The van der Waals surface area contributed by atoms with E-state index in [-0.39, 0.29) is 11.8 Å². The van der Waals surface area contributed by atoms with Gasteiger partial charge in [-0.05, 0) is 19.1 Å². The van der Waals surface area contributed by atoms with Crippen LogP contribution in [0.4, 0.5) is 26.3 Å². The highest BCUT2D eigenvalue weighted by molar-refractivity contribution is 5.92. The van der Waals surface area contributed by atoms with Crippen molar-refractivity contribution in [3.8, 4) is 0 Å². The Morgan fingerprint density at radius 2 is 1.64 bits per heavy atom.